The molecule has 0 amide bonds. The van der Waals surface area contributed by atoms with Gasteiger partial charge in [-0.05, 0) is 18.2 Å². The molecule has 0 spiro atoms. The Morgan fingerprint density at radius 1 is 1.00 bits per heavy atom. The third kappa shape index (κ3) is 7.25. The Balaban J connectivity index is 0.000000315. The molecule has 0 saturated heterocycles. The Hall–Kier alpha value is -2.16. The zero-order valence-electron chi connectivity index (χ0n) is 11.5. The van der Waals surface area contributed by atoms with E-state index < -0.39 is 10.4 Å². The van der Waals surface area contributed by atoms with E-state index in [1.807, 2.05) is 42.5 Å². The predicted molar refractivity (Wildman–Crippen MR) is 72.4 cm³/mol. The van der Waals surface area contributed by atoms with Crippen molar-refractivity contribution in [3.05, 3.63) is 54.9 Å². The smallest absolute Gasteiger partial charge is 0.264 e. The fourth-order valence-corrected chi connectivity index (χ4v) is 1.23. The topological polar surface area (TPSA) is 88.8 Å². The van der Waals surface area contributed by atoms with Crippen LogP contribution < -0.4 is 14.3 Å². The van der Waals surface area contributed by atoms with Crippen LogP contribution >= 0.6 is 0 Å². The molecule has 0 aliphatic carbocycles. The van der Waals surface area contributed by atoms with E-state index in [0.29, 0.717) is 0 Å². The van der Waals surface area contributed by atoms with Gasteiger partial charge in [-0.3, -0.25) is 9.02 Å². The van der Waals surface area contributed by atoms with Gasteiger partial charge in [0.1, 0.15) is 12.9 Å². The average molecular weight is 313 g/mol. The fourth-order valence-electron chi connectivity index (χ4n) is 1.23. The highest BCUT2D eigenvalue weighted by atomic mass is 32.3. The summed E-state index contributed by atoms with van der Waals surface area (Å²) < 4.78 is 38.2. The molecular formula is C13H15NO6S. The summed E-state index contributed by atoms with van der Waals surface area (Å²) in [5.41, 5.74) is 0. The molecule has 2 rings (SSSR count). The van der Waals surface area contributed by atoms with Crippen molar-refractivity contribution in [3.63, 3.8) is 0 Å². The minimum atomic E-state index is -4.41. The molecule has 1 heterocycles. The van der Waals surface area contributed by atoms with Gasteiger partial charge in [-0.15, -0.1) is 0 Å². The zero-order chi connectivity index (χ0) is 15.7. The van der Waals surface area contributed by atoms with Crippen molar-refractivity contribution >= 4 is 10.4 Å². The van der Waals surface area contributed by atoms with Gasteiger partial charge in [0.2, 0.25) is 16.6 Å². The van der Waals surface area contributed by atoms with E-state index in [-0.39, 0.29) is 0 Å². The summed E-state index contributed by atoms with van der Waals surface area (Å²) in [6.45, 7) is 0. The summed E-state index contributed by atoms with van der Waals surface area (Å²) in [7, 11) is -2.00. The molecule has 0 fully saturated rings. The number of rotatable bonds is 4. The Bertz CT molecular complexity index is 645. The number of hydrogen-bond acceptors (Lipinski definition) is 6. The maximum absolute atomic E-state index is 9.22. The minimum absolute atomic E-state index is 0.741. The lowest BCUT2D eigenvalue weighted by Crippen LogP contribution is -2.39. The monoisotopic (exact) mass is 313 g/mol. The van der Waals surface area contributed by atoms with E-state index in [0.717, 1.165) is 18.6 Å². The van der Waals surface area contributed by atoms with Crippen LogP contribution in [0.25, 0.3) is 0 Å². The first-order valence-corrected chi connectivity index (χ1v) is 7.08. The molecule has 8 heteroatoms. The quantitative estimate of drug-likeness (QED) is 0.474. The van der Waals surface area contributed by atoms with Crippen LogP contribution in [0.3, 0.4) is 0 Å². The average Bonchev–Trinajstić information content (AvgIpc) is 2.48. The third-order valence-electron chi connectivity index (χ3n) is 2.14. The summed E-state index contributed by atoms with van der Waals surface area (Å²) in [5.74, 6) is 1.55. The molecule has 2 aromatic rings. The molecule has 0 unspecified atom stereocenters. The van der Waals surface area contributed by atoms with Gasteiger partial charge in [0.25, 0.3) is 6.20 Å². The first-order valence-electron chi connectivity index (χ1n) is 5.75. The predicted octanol–water partition coefficient (Wildman–Crippen LogP) is 0.918. The molecule has 0 aliphatic rings. The number of nitrogens with zero attached hydrogens (tertiary/aromatic N) is 1. The molecule has 0 atom stereocenters. The number of benzene rings is 1. The van der Waals surface area contributed by atoms with Crippen molar-refractivity contribution in [2.45, 2.75) is 0 Å². The summed E-state index contributed by atoms with van der Waals surface area (Å²) in [4.78, 5) is 5.03. The van der Waals surface area contributed by atoms with Gasteiger partial charge in [-0.25, -0.2) is 8.42 Å². The van der Waals surface area contributed by atoms with Crippen molar-refractivity contribution in [3.8, 4) is 11.5 Å². The van der Waals surface area contributed by atoms with Crippen LogP contribution in [0.15, 0.2) is 54.9 Å². The fraction of sp³-hybridized carbons (Fsp3) is 0.154. The van der Waals surface area contributed by atoms with Crippen molar-refractivity contribution in [2.75, 3.05) is 14.2 Å². The van der Waals surface area contributed by atoms with Crippen molar-refractivity contribution in [2.24, 2.45) is 0 Å². The van der Waals surface area contributed by atoms with Gasteiger partial charge in [0.15, 0.2) is 5.75 Å². The van der Waals surface area contributed by atoms with E-state index in [1.165, 1.54) is 0 Å². The lowest BCUT2D eigenvalue weighted by molar-refractivity contribution is -0.885. The number of ether oxygens (including phenoxy) is 1. The van der Waals surface area contributed by atoms with Crippen LogP contribution in [-0.2, 0) is 14.6 Å². The van der Waals surface area contributed by atoms with Gasteiger partial charge in [-0.1, -0.05) is 18.2 Å². The number of pyridine rings is 1. The van der Waals surface area contributed by atoms with E-state index >= 15 is 0 Å². The second-order valence-corrected chi connectivity index (χ2v) is 4.72. The first-order chi connectivity index (χ1) is 9.94. The van der Waals surface area contributed by atoms with Gasteiger partial charge in [0.05, 0.1) is 7.11 Å². The lowest BCUT2D eigenvalue weighted by atomic mass is 10.3. The van der Waals surface area contributed by atoms with Crippen molar-refractivity contribution in [1.82, 2.24) is 0 Å². The Kier molecular flexibility index (Phi) is 6.60. The number of aromatic nitrogens is 1. The molecule has 0 bridgehead atoms. The molecule has 0 aliphatic heterocycles. The van der Waals surface area contributed by atoms with E-state index in [2.05, 4.69) is 4.18 Å². The summed E-state index contributed by atoms with van der Waals surface area (Å²) in [6, 6.07) is 13.4. The molecule has 7 nitrogen and oxygen atoms in total. The SMILES string of the molecule is COS(=O)(=O)[O-].CO[n+]1cccc(Oc2ccccc2)c1. The summed E-state index contributed by atoms with van der Waals surface area (Å²) in [6.07, 6.45) is 3.57. The summed E-state index contributed by atoms with van der Waals surface area (Å²) in [5, 5.41) is 0. The van der Waals surface area contributed by atoms with E-state index in [4.69, 9.17) is 9.57 Å². The van der Waals surface area contributed by atoms with Crippen LogP contribution in [0, 0.1) is 0 Å². The normalized spacial score (nSPS) is 10.2. The third-order valence-corrected chi connectivity index (χ3v) is 2.55. The highest BCUT2D eigenvalue weighted by molar-refractivity contribution is 7.80. The van der Waals surface area contributed by atoms with Crippen LogP contribution in [-0.4, -0.2) is 27.2 Å². The van der Waals surface area contributed by atoms with E-state index in [1.54, 1.807) is 24.2 Å². The lowest BCUT2D eigenvalue weighted by Gasteiger charge is -2.02. The molecule has 0 saturated carbocycles. The highest BCUT2D eigenvalue weighted by Gasteiger charge is 2.03. The van der Waals surface area contributed by atoms with Crippen LogP contribution in [0.5, 0.6) is 11.5 Å². The molecule has 1 aromatic carbocycles. The maximum Gasteiger partial charge on any atom is 0.264 e. The largest absolute Gasteiger partial charge is 0.726 e. The number of para-hydroxylation sites is 1. The van der Waals surface area contributed by atoms with E-state index in [9.17, 15) is 13.0 Å². The van der Waals surface area contributed by atoms with Crippen molar-refractivity contribution < 1.29 is 31.5 Å². The molecule has 114 valence electrons. The van der Waals surface area contributed by atoms with Crippen LogP contribution in [0.2, 0.25) is 0 Å². The van der Waals surface area contributed by atoms with Gasteiger partial charge < -0.3 is 9.29 Å². The van der Waals surface area contributed by atoms with Crippen molar-refractivity contribution in [1.29, 1.82) is 0 Å². The van der Waals surface area contributed by atoms with Gasteiger partial charge in [0, 0.05) is 10.8 Å². The highest BCUT2D eigenvalue weighted by Crippen LogP contribution is 2.18. The maximum atomic E-state index is 9.22. The molecule has 1 aromatic heterocycles. The van der Waals surface area contributed by atoms with Gasteiger partial charge >= 0.3 is 0 Å². The Morgan fingerprint density at radius 3 is 2.10 bits per heavy atom. The second kappa shape index (κ2) is 8.20. The summed E-state index contributed by atoms with van der Waals surface area (Å²) >= 11 is 0. The molecule has 21 heavy (non-hydrogen) atoms. The minimum Gasteiger partial charge on any atom is -0.726 e. The van der Waals surface area contributed by atoms with Crippen LogP contribution in [0.1, 0.15) is 0 Å². The zero-order valence-corrected chi connectivity index (χ0v) is 12.3. The van der Waals surface area contributed by atoms with Gasteiger partial charge in [-0.2, -0.15) is 0 Å². The standard InChI is InChI=1S/C12H12NO2.CH4O4S/c1-14-13-9-5-8-12(10-13)15-11-6-3-2-4-7-11;1-5-6(2,3)4/h2-10H,1H3;1H3,(H,2,3,4)/q+1;/p-1. The molecule has 0 radical (unpaired) electrons. The second-order valence-electron chi connectivity index (χ2n) is 3.57. The molecule has 0 N–H and O–H groups in total. The Labute approximate surface area is 123 Å². The Morgan fingerprint density at radius 2 is 1.57 bits per heavy atom. The molecular weight excluding hydrogens is 298 g/mol. The first kappa shape index (κ1) is 16.9. The van der Waals surface area contributed by atoms with Crippen LogP contribution in [0.4, 0.5) is 0 Å². The number of hydrogen-bond donors (Lipinski definition) is 0.